The molecule has 0 aromatic carbocycles. The minimum atomic E-state index is 0.447. The monoisotopic (exact) mass is 358 g/mol. The van der Waals surface area contributed by atoms with Gasteiger partial charge in [0.05, 0.1) is 5.71 Å². The van der Waals surface area contributed by atoms with Crippen LogP contribution in [0.2, 0.25) is 0 Å². The van der Waals surface area contributed by atoms with Gasteiger partial charge in [-0.2, -0.15) is 0 Å². The summed E-state index contributed by atoms with van der Waals surface area (Å²) in [6.07, 6.45) is 12.8. The van der Waals surface area contributed by atoms with Crippen LogP contribution in [0.1, 0.15) is 78.1 Å². The van der Waals surface area contributed by atoms with E-state index in [-0.39, 0.29) is 0 Å². The third kappa shape index (κ3) is 2.85. The molecule has 6 atom stereocenters. The first-order valence-corrected chi connectivity index (χ1v) is 11.0. The Kier molecular flexibility index (Phi) is 4.96. The molecule has 0 radical (unpaired) electrons. The topological polar surface area (TPSA) is 47.6 Å². The van der Waals surface area contributed by atoms with Crippen molar-refractivity contribution in [1.82, 2.24) is 0 Å². The van der Waals surface area contributed by atoms with Crippen LogP contribution in [0.25, 0.3) is 0 Å². The second-order valence-electron chi connectivity index (χ2n) is 10.1. The lowest BCUT2D eigenvalue weighted by Crippen LogP contribution is -2.52. The normalized spacial score (nSPS) is 46.6. The van der Waals surface area contributed by atoms with E-state index in [1.54, 1.807) is 5.57 Å². The van der Waals surface area contributed by atoms with Gasteiger partial charge in [-0.25, -0.2) is 0 Å². The first-order valence-electron chi connectivity index (χ1n) is 11.0. The standard InChI is InChI=1S/C23H38N2O/c1-16-5-8-20-19-7-6-17-15-18(25-26-14-4-13-24)9-11-23(17,3)21(19)10-12-22(16,20)2/h17,19-21H,1,4-15,24H2,2-3H3/t17?,19?,20?,21?,22-,23+/m1/s1. The maximum atomic E-state index is 5.54. The Bertz CT molecular complexity index is 585. The molecule has 0 aromatic heterocycles. The minimum absolute atomic E-state index is 0.447. The number of hydrogen-bond acceptors (Lipinski definition) is 3. The van der Waals surface area contributed by atoms with Crippen molar-refractivity contribution in [2.24, 2.45) is 45.4 Å². The molecule has 0 bridgehead atoms. The van der Waals surface area contributed by atoms with Gasteiger partial charge in [0.1, 0.15) is 6.61 Å². The quantitative estimate of drug-likeness (QED) is 0.421. The van der Waals surface area contributed by atoms with Crippen LogP contribution in [0.15, 0.2) is 17.3 Å². The summed E-state index contributed by atoms with van der Waals surface area (Å²) in [5.74, 6) is 3.57. The maximum Gasteiger partial charge on any atom is 0.118 e. The van der Waals surface area contributed by atoms with E-state index in [1.807, 2.05) is 0 Å². The Morgan fingerprint density at radius 1 is 1.12 bits per heavy atom. The van der Waals surface area contributed by atoms with Gasteiger partial charge in [-0.05, 0) is 105 Å². The third-order valence-electron chi connectivity index (χ3n) is 9.09. The zero-order chi connectivity index (χ0) is 18.4. The predicted molar refractivity (Wildman–Crippen MR) is 108 cm³/mol. The van der Waals surface area contributed by atoms with Crippen molar-refractivity contribution in [3.05, 3.63) is 12.2 Å². The summed E-state index contributed by atoms with van der Waals surface area (Å²) in [7, 11) is 0. The molecule has 4 aliphatic rings. The van der Waals surface area contributed by atoms with Crippen LogP contribution in [-0.4, -0.2) is 18.9 Å². The van der Waals surface area contributed by atoms with Crippen molar-refractivity contribution in [2.45, 2.75) is 78.1 Å². The zero-order valence-corrected chi connectivity index (χ0v) is 16.9. The first kappa shape index (κ1) is 18.5. The molecule has 4 unspecified atom stereocenters. The van der Waals surface area contributed by atoms with E-state index in [0.29, 0.717) is 24.0 Å². The van der Waals surface area contributed by atoms with Crippen molar-refractivity contribution < 1.29 is 4.84 Å². The number of nitrogens with two attached hydrogens (primary N) is 1. The lowest BCUT2D eigenvalue weighted by Gasteiger charge is -2.60. The zero-order valence-electron chi connectivity index (χ0n) is 16.9. The van der Waals surface area contributed by atoms with Crippen LogP contribution >= 0.6 is 0 Å². The highest BCUT2D eigenvalue weighted by molar-refractivity contribution is 5.85. The molecule has 0 aliphatic heterocycles. The van der Waals surface area contributed by atoms with Crippen LogP contribution in [0.3, 0.4) is 0 Å². The fourth-order valence-corrected chi connectivity index (χ4v) is 7.33. The van der Waals surface area contributed by atoms with Gasteiger partial charge in [-0.15, -0.1) is 0 Å². The second kappa shape index (κ2) is 6.96. The highest BCUT2D eigenvalue weighted by atomic mass is 16.6. The third-order valence-corrected chi connectivity index (χ3v) is 9.09. The van der Waals surface area contributed by atoms with Gasteiger partial charge in [-0.1, -0.05) is 31.2 Å². The number of hydrogen-bond donors (Lipinski definition) is 1. The highest BCUT2D eigenvalue weighted by Crippen LogP contribution is 2.66. The summed E-state index contributed by atoms with van der Waals surface area (Å²) in [5.41, 5.74) is 9.36. The van der Waals surface area contributed by atoms with Gasteiger partial charge in [0, 0.05) is 0 Å². The highest BCUT2D eigenvalue weighted by Gasteiger charge is 2.58. The molecule has 4 rings (SSSR count). The van der Waals surface area contributed by atoms with Gasteiger partial charge in [0.25, 0.3) is 0 Å². The molecule has 0 spiro atoms. The summed E-state index contributed by atoms with van der Waals surface area (Å²) < 4.78 is 0. The molecule has 146 valence electrons. The lowest BCUT2D eigenvalue weighted by molar-refractivity contribution is -0.0859. The molecule has 4 fully saturated rings. The summed E-state index contributed by atoms with van der Waals surface area (Å²) in [6.45, 7) is 11.0. The number of oxime groups is 1. The van der Waals surface area contributed by atoms with Crippen LogP contribution < -0.4 is 5.73 Å². The van der Waals surface area contributed by atoms with E-state index in [1.165, 1.54) is 50.7 Å². The van der Waals surface area contributed by atoms with Gasteiger partial charge in [0.15, 0.2) is 0 Å². The van der Waals surface area contributed by atoms with E-state index in [2.05, 4.69) is 25.6 Å². The summed E-state index contributed by atoms with van der Waals surface area (Å²) >= 11 is 0. The van der Waals surface area contributed by atoms with E-state index in [0.717, 1.165) is 42.9 Å². The number of nitrogens with zero attached hydrogens (tertiary/aromatic N) is 1. The average Bonchev–Trinajstić information content (AvgIpc) is 2.94. The van der Waals surface area contributed by atoms with Gasteiger partial charge in [-0.3, -0.25) is 0 Å². The lowest BCUT2D eigenvalue weighted by atomic mass is 9.45. The second-order valence-corrected chi connectivity index (χ2v) is 10.1. The Morgan fingerprint density at radius 2 is 1.96 bits per heavy atom. The fraction of sp³-hybridized carbons (Fsp3) is 0.870. The van der Waals surface area contributed by atoms with Crippen molar-refractivity contribution >= 4 is 5.71 Å². The molecule has 0 saturated heterocycles. The van der Waals surface area contributed by atoms with E-state index < -0.39 is 0 Å². The van der Waals surface area contributed by atoms with E-state index in [4.69, 9.17) is 10.6 Å². The van der Waals surface area contributed by atoms with Crippen molar-refractivity contribution in [1.29, 1.82) is 0 Å². The fourth-order valence-electron chi connectivity index (χ4n) is 7.33. The molecule has 0 heterocycles. The van der Waals surface area contributed by atoms with Gasteiger partial charge >= 0.3 is 0 Å². The molecule has 3 heteroatoms. The molecule has 4 saturated carbocycles. The Labute approximate surface area is 159 Å². The maximum absolute atomic E-state index is 5.54. The predicted octanol–water partition coefficient (Wildman–Crippen LogP) is 5.31. The van der Waals surface area contributed by atoms with E-state index >= 15 is 0 Å². The summed E-state index contributed by atoms with van der Waals surface area (Å²) in [4.78, 5) is 5.51. The van der Waals surface area contributed by atoms with Crippen LogP contribution in [-0.2, 0) is 4.84 Å². The number of allylic oxidation sites excluding steroid dienone is 1. The van der Waals surface area contributed by atoms with Crippen LogP contribution in [0.4, 0.5) is 0 Å². The molecule has 4 aliphatic carbocycles. The summed E-state index contributed by atoms with van der Waals surface area (Å²) in [5, 5.41) is 4.47. The average molecular weight is 359 g/mol. The van der Waals surface area contributed by atoms with Crippen molar-refractivity contribution in [3.63, 3.8) is 0 Å². The minimum Gasteiger partial charge on any atom is -0.396 e. The number of fused-ring (bicyclic) bond motifs is 5. The Hall–Kier alpha value is -0.830. The largest absolute Gasteiger partial charge is 0.396 e. The van der Waals surface area contributed by atoms with Gasteiger partial charge in [0.2, 0.25) is 0 Å². The SMILES string of the molecule is C=C1CCC2C3CCC4CC(=NOCCCN)CC[C@]4(C)C3CC[C@]12C. The Balaban J connectivity index is 1.46. The van der Waals surface area contributed by atoms with Crippen LogP contribution in [0, 0.1) is 34.5 Å². The smallest absolute Gasteiger partial charge is 0.118 e. The Morgan fingerprint density at radius 3 is 2.77 bits per heavy atom. The molecular weight excluding hydrogens is 320 g/mol. The molecule has 3 nitrogen and oxygen atoms in total. The van der Waals surface area contributed by atoms with Crippen molar-refractivity contribution in [3.8, 4) is 0 Å². The molecule has 0 aromatic rings. The molecule has 2 N–H and O–H groups in total. The molecule has 26 heavy (non-hydrogen) atoms. The van der Waals surface area contributed by atoms with Crippen LogP contribution in [0.5, 0.6) is 0 Å². The summed E-state index contributed by atoms with van der Waals surface area (Å²) in [6, 6.07) is 0. The first-order chi connectivity index (χ1) is 12.5. The van der Waals surface area contributed by atoms with Gasteiger partial charge < -0.3 is 10.6 Å². The molecular formula is C23H38N2O. The van der Waals surface area contributed by atoms with E-state index in [9.17, 15) is 0 Å². The number of rotatable bonds is 4. The molecule has 0 amide bonds. The van der Waals surface area contributed by atoms with Crippen molar-refractivity contribution in [2.75, 3.05) is 13.2 Å².